The van der Waals surface area contributed by atoms with Gasteiger partial charge in [-0.2, -0.15) is 0 Å². The molecule has 5 aliphatic carbocycles. The third-order valence-electron chi connectivity index (χ3n) is 16.0. The Balaban J connectivity index is 1.29. The van der Waals surface area contributed by atoms with Crippen LogP contribution in [0.1, 0.15) is 128 Å². The van der Waals surface area contributed by atoms with E-state index >= 15 is 0 Å². The second-order valence-corrected chi connectivity index (χ2v) is 18.3. The molecule has 6 rings (SSSR count). The van der Waals surface area contributed by atoms with Gasteiger partial charge in [-0.05, 0) is 129 Å². The molecule has 4 unspecified atom stereocenters. The van der Waals surface area contributed by atoms with Crippen LogP contribution in [0.5, 0.6) is 0 Å². The van der Waals surface area contributed by atoms with Crippen molar-refractivity contribution >= 4 is 17.8 Å². The first kappa shape index (κ1) is 37.4. The zero-order valence-electron chi connectivity index (χ0n) is 32.5. The number of methoxy groups -OCH3 is 1. The lowest BCUT2D eigenvalue weighted by molar-refractivity contribution is -0.247. The van der Waals surface area contributed by atoms with Crippen LogP contribution in [0.25, 0.3) is 0 Å². The lowest BCUT2D eigenvalue weighted by Gasteiger charge is -2.72. The van der Waals surface area contributed by atoms with Gasteiger partial charge in [-0.25, -0.2) is 4.79 Å². The molecule has 1 amide bonds. The summed E-state index contributed by atoms with van der Waals surface area (Å²) in [6, 6.07) is 7.76. The molecular weight excluding hydrogens is 634 g/mol. The van der Waals surface area contributed by atoms with E-state index in [-0.39, 0.29) is 51.1 Å². The van der Waals surface area contributed by atoms with Crippen LogP contribution in [0.2, 0.25) is 0 Å². The highest BCUT2D eigenvalue weighted by Crippen LogP contribution is 2.77. The number of benzene rings is 1. The van der Waals surface area contributed by atoms with E-state index in [4.69, 9.17) is 9.47 Å². The van der Waals surface area contributed by atoms with Crippen LogP contribution in [-0.2, 0) is 19.1 Å². The molecule has 51 heavy (non-hydrogen) atoms. The molecule has 0 spiro atoms. The molecular formula is C45H61NO5. The van der Waals surface area contributed by atoms with Gasteiger partial charge in [-0.1, -0.05) is 77.3 Å². The monoisotopic (exact) mass is 695 g/mol. The van der Waals surface area contributed by atoms with E-state index in [0.29, 0.717) is 35.2 Å². The Hall–Kier alpha value is -3.33. The summed E-state index contributed by atoms with van der Waals surface area (Å²) < 4.78 is 10.9. The minimum Gasteiger partial charge on any atom is -0.466 e. The molecule has 0 radical (unpaired) electrons. The van der Waals surface area contributed by atoms with E-state index in [9.17, 15) is 14.4 Å². The van der Waals surface area contributed by atoms with Gasteiger partial charge in [0.15, 0.2) is 0 Å². The summed E-state index contributed by atoms with van der Waals surface area (Å²) in [4.78, 5) is 37.6. The summed E-state index contributed by atoms with van der Waals surface area (Å²) in [5.41, 5.74) is 3.14. The van der Waals surface area contributed by atoms with Gasteiger partial charge < -0.3 is 14.8 Å². The minimum atomic E-state index is -0.566. The van der Waals surface area contributed by atoms with Gasteiger partial charge in [0.2, 0.25) is 0 Å². The molecule has 1 aromatic carbocycles. The van der Waals surface area contributed by atoms with Crippen molar-refractivity contribution in [3.05, 3.63) is 59.7 Å². The number of fused-ring (bicyclic) bond motifs is 7. The van der Waals surface area contributed by atoms with Gasteiger partial charge in [-0.3, -0.25) is 9.59 Å². The van der Waals surface area contributed by atoms with E-state index < -0.39 is 11.9 Å². The molecule has 0 heterocycles. The molecule has 276 valence electrons. The second-order valence-electron chi connectivity index (χ2n) is 18.3. The summed E-state index contributed by atoms with van der Waals surface area (Å²) in [7, 11) is 2.98. The van der Waals surface area contributed by atoms with E-state index in [1.165, 1.54) is 38.4 Å². The first-order valence-corrected chi connectivity index (χ1v) is 19.4. The van der Waals surface area contributed by atoms with Gasteiger partial charge in [0.1, 0.15) is 6.10 Å². The number of carbonyl (C=O) groups is 3. The first-order chi connectivity index (χ1) is 24.0. The van der Waals surface area contributed by atoms with Crippen LogP contribution < -0.4 is 5.32 Å². The van der Waals surface area contributed by atoms with Crippen LogP contribution in [0.15, 0.2) is 48.6 Å². The smallest absolute Gasteiger partial charge is 0.333 e. The van der Waals surface area contributed by atoms with Crippen LogP contribution in [0, 0.1) is 68.5 Å². The third-order valence-corrected chi connectivity index (χ3v) is 16.0. The van der Waals surface area contributed by atoms with Crippen molar-refractivity contribution in [2.45, 2.75) is 118 Å². The predicted molar refractivity (Wildman–Crippen MR) is 201 cm³/mol. The largest absolute Gasteiger partial charge is 0.466 e. The Morgan fingerprint density at radius 3 is 2.29 bits per heavy atom. The maximum absolute atomic E-state index is 13.0. The number of nitrogens with one attached hydrogen (secondary N) is 1. The maximum Gasteiger partial charge on any atom is 0.333 e. The molecule has 1 N–H and O–H groups in total. The molecule has 6 nitrogen and oxygen atoms in total. The summed E-state index contributed by atoms with van der Waals surface area (Å²) in [6.45, 7) is 23.0. The molecule has 0 saturated heterocycles. The van der Waals surface area contributed by atoms with Crippen molar-refractivity contribution in [1.82, 2.24) is 5.32 Å². The number of hydrogen-bond acceptors (Lipinski definition) is 5. The standard InChI is InChI=1S/C45H61NO5/c1-28(2)31-18-24-45(23-17-30-13-11-12-14-32(30)39(48)46-9)26-25-43(7)33(38(31)45)15-16-35-42(6)21-20-36(51-37(47)27-29(3)40(49)50-10)41(4,5)34(42)19-22-44(35,43)8/h11-14,31,33-36,38H,1,3,15-16,18-22,24-27H2,2,4-10H3,(H,46,48)/t31-,33?,34?,35?,36-,38?,42-,43+,44+,45+/m0/s1. The SMILES string of the molecule is C=C(CC(=O)O[C@H]1CC[C@@]2(C)C(CC[C@]3(C)C2CCC2C4[C@H](C(=C)C)CC[C@]4(C#Cc4ccccc4C(=O)NC)CC[C@]23C)C1(C)C)C(=O)OC. The number of carbonyl (C=O) groups excluding carboxylic acids is 3. The molecule has 6 heteroatoms. The van der Waals surface area contributed by atoms with Crippen LogP contribution in [-0.4, -0.2) is 38.1 Å². The second kappa shape index (κ2) is 13.3. The van der Waals surface area contributed by atoms with Gasteiger partial charge in [0, 0.05) is 29.0 Å². The average molecular weight is 696 g/mol. The van der Waals surface area contributed by atoms with Crippen molar-refractivity contribution in [3.63, 3.8) is 0 Å². The van der Waals surface area contributed by atoms with Crippen LogP contribution >= 0.6 is 0 Å². The van der Waals surface area contributed by atoms with E-state index in [0.717, 1.165) is 44.1 Å². The Labute approximate surface area is 307 Å². The number of hydrogen-bond donors (Lipinski definition) is 1. The molecule has 0 aliphatic heterocycles. The highest BCUT2D eigenvalue weighted by Gasteiger charge is 2.71. The van der Waals surface area contributed by atoms with Gasteiger partial charge in [-0.15, -0.1) is 0 Å². The van der Waals surface area contributed by atoms with Crippen LogP contribution in [0.3, 0.4) is 0 Å². The minimum absolute atomic E-state index is 0.0724. The van der Waals surface area contributed by atoms with Crippen molar-refractivity contribution in [1.29, 1.82) is 0 Å². The average Bonchev–Trinajstić information content (AvgIpc) is 3.48. The lowest BCUT2D eigenvalue weighted by atomic mass is 9.32. The summed E-state index contributed by atoms with van der Waals surface area (Å²) in [5.74, 6) is 8.95. The molecule has 0 bridgehead atoms. The van der Waals surface area contributed by atoms with Gasteiger partial charge in [0.05, 0.1) is 19.1 Å². The number of allylic oxidation sites excluding steroid dienone is 1. The quantitative estimate of drug-likeness (QED) is 0.139. The van der Waals surface area contributed by atoms with Crippen molar-refractivity contribution in [2.75, 3.05) is 14.2 Å². The predicted octanol–water partition coefficient (Wildman–Crippen LogP) is 9.09. The normalized spacial score (nSPS) is 39.0. The molecule has 10 atom stereocenters. The van der Waals surface area contributed by atoms with Crippen LogP contribution in [0.4, 0.5) is 0 Å². The highest BCUT2D eigenvalue weighted by atomic mass is 16.5. The van der Waals surface area contributed by atoms with Gasteiger partial charge in [0.25, 0.3) is 5.91 Å². The first-order valence-electron chi connectivity index (χ1n) is 19.4. The van der Waals surface area contributed by atoms with E-state index in [1.807, 2.05) is 24.3 Å². The lowest BCUT2D eigenvalue weighted by Crippen LogP contribution is -2.66. The Kier molecular flexibility index (Phi) is 9.73. The molecule has 5 fully saturated rings. The van der Waals surface area contributed by atoms with E-state index in [1.54, 1.807) is 7.05 Å². The topological polar surface area (TPSA) is 81.7 Å². The molecule has 1 aromatic rings. The Morgan fingerprint density at radius 2 is 1.61 bits per heavy atom. The molecule has 5 aliphatic rings. The zero-order chi connectivity index (χ0) is 37.1. The number of esters is 2. The third kappa shape index (κ3) is 5.80. The number of rotatable bonds is 6. The number of amides is 1. The fourth-order valence-corrected chi connectivity index (χ4v) is 13.3. The maximum atomic E-state index is 13.0. The molecule has 0 aromatic heterocycles. The summed E-state index contributed by atoms with van der Waals surface area (Å²) in [6.07, 6.45) is 10.8. The Bertz CT molecular complexity index is 1680. The number of ether oxygens (including phenoxy) is 2. The van der Waals surface area contributed by atoms with Crippen molar-refractivity contribution in [2.24, 2.45) is 56.7 Å². The van der Waals surface area contributed by atoms with Crippen molar-refractivity contribution < 1.29 is 23.9 Å². The highest BCUT2D eigenvalue weighted by molar-refractivity contribution is 5.96. The van der Waals surface area contributed by atoms with E-state index in [2.05, 4.69) is 71.9 Å². The molecule has 5 saturated carbocycles. The van der Waals surface area contributed by atoms with Crippen molar-refractivity contribution in [3.8, 4) is 11.8 Å². The fraction of sp³-hybridized carbons (Fsp3) is 0.667. The Morgan fingerprint density at radius 1 is 0.882 bits per heavy atom. The summed E-state index contributed by atoms with van der Waals surface area (Å²) in [5, 5.41) is 2.79. The zero-order valence-corrected chi connectivity index (χ0v) is 32.5. The fourth-order valence-electron chi connectivity index (χ4n) is 13.3. The summed E-state index contributed by atoms with van der Waals surface area (Å²) >= 11 is 0. The van der Waals surface area contributed by atoms with Gasteiger partial charge >= 0.3 is 11.9 Å².